The van der Waals surface area contributed by atoms with Crippen molar-refractivity contribution in [2.75, 3.05) is 11.9 Å². The van der Waals surface area contributed by atoms with Crippen LogP contribution in [0.2, 0.25) is 0 Å². The molecule has 3 rings (SSSR count). The average Bonchev–Trinajstić information content (AvgIpc) is 2.55. The number of hydrogen-bond acceptors (Lipinski definition) is 3. The molecule has 1 aromatic rings. The van der Waals surface area contributed by atoms with Crippen LogP contribution in [0.25, 0.3) is 0 Å². The largest absolute Gasteiger partial charge is 0.336 e. The van der Waals surface area contributed by atoms with Crippen LogP contribution in [0.5, 0.6) is 0 Å². The van der Waals surface area contributed by atoms with Gasteiger partial charge in [-0.25, -0.2) is 0 Å². The van der Waals surface area contributed by atoms with Gasteiger partial charge in [0.15, 0.2) is 0 Å². The zero-order valence-electron chi connectivity index (χ0n) is 13.1. The summed E-state index contributed by atoms with van der Waals surface area (Å²) in [6.07, 6.45) is 4.38. The number of rotatable bonds is 2. The molecule has 1 aromatic carbocycles. The summed E-state index contributed by atoms with van der Waals surface area (Å²) in [5, 5.41) is 2.82. The second-order valence-corrected chi connectivity index (χ2v) is 7.40. The lowest BCUT2D eigenvalue weighted by Gasteiger charge is -2.35. The Morgan fingerprint density at radius 1 is 1.41 bits per heavy atom. The van der Waals surface area contributed by atoms with Crippen molar-refractivity contribution in [1.29, 1.82) is 0 Å². The van der Waals surface area contributed by atoms with Crippen LogP contribution in [0.15, 0.2) is 23.1 Å². The standard InChI is InChI=1S/C17H22N2O2S/c1-3-13-6-4-5-9-19(13)17(21)12-7-8-15-14(10-12)18-16(20)11(2)22-15/h7-8,10-11,13H,3-6,9H2,1-2H3,(H,18,20). The van der Waals surface area contributed by atoms with Gasteiger partial charge in [0.1, 0.15) is 0 Å². The van der Waals surface area contributed by atoms with E-state index in [1.54, 1.807) is 11.8 Å². The van der Waals surface area contributed by atoms with Crippen molar-refractivity contribution in [2.24, 2.45) is 0 Å². The number of piperidine rings is 1. The predicted octanol–water partition coefficient (Wildman–Crippen LogP) is 3.52. The lowest BCUT2D eigenvalue weighted by Crippen LogP contribution is -2.43. The number of nitrogens with zero attached hydrogens (tertiary/aromatic N) is 1. The van der Waals surface area contributed by atoms with Crippen LogP contribution in [0, 0.1) is 0 Å². The van der Waals surface area contributed by atoms with Crippen molar-refractivity contribution in [3.63, 3.8) is 0 Å². The van der Waals surface area contributed by atoms with Crippen LogP contribution in [0.3, 0.4) is 0 Å². The van der Waals surface area contributed by atoms with Crippen LogP contribution >= 0.6 is 11.8 Å². The van der Waals surface area contributed by atoms with E-state index in [0.717, 1.165) is 36.4 Å². The number of carbonyl (C=O) groups excluding carboxylic acids is 2. The monoisotopic (exact) mass is 318 g/mol. The van der Waals surface area contributed by atoms with Crippen molar-refractivity contribution in [3.8, 4) is 0 Å². The first-order valence-electron chi connectivity index (χ1n) is 8.02. The second-order valence-electron chi connectivity index (χ2n) is 6.02. The van der Waals surface area contributed by atoms with E-state index in [-0.39, 0.29) is 17.1 Å². The van der Waals surface area contributed by atoms with Crippen molar-refractivity contribution < 1.29 is 9.59 Å². The minimum Gasteiger partial charge on any atom is -0.336 e. The Morgan fingerprint density at radius 2 is 2.23 bits per heavy atom. The van der Waals surface area contributed by atoms with Crippen molar-refractivity contribution in [3.05, 3.63) is 23.8 Å². The van der Waals surface area contributed by atoms with Gasteiger partial charge < -0.3 is 10.2 Å². The third-order valence-electron chi connectivity index (χ3n) is 4.52. The third-order valence-corrected chi connectivity index (χ3v) is 5.69. The summed E-state index contributed by atoms with van der Waals surface area (Å²) in [5.74, 6) is 0.0960. The lowest BCUT2D eigenvalue weighted by atomic mass is 9.99. The molecule has 2 amide bonds. The number of anilines is 1. The Bertz CT molecular complexity index is 602. The summed E-state index contributed by atoms with van der Waals surface area (Å²) in [7, 11) is 0. The molecule has 5 heteroatoms. The molecular formula is C17H22N2O2S. The number of likely N-dealkylation sites (tertiary alicyclic amines) is 1. The van der Waals surface area contributed by atoms with Gasteiger partial charge in [-0.15, -0.1) is 11.8 Å². The number of fused-ring (bicyclic) bond motifs is 1. The average molecular weight is 318 g/mol. The fourth-order valence-corrected chi connectivity index (χ4v) is 4.13. The highest BCUT2D eigenvalue weighted by molar-refractivity contribution is 8.00. The topological polar surface area (TPSA) is 49.4 Å². The van der Waals surface area contributed by atoms with E-state index in [1.165, 1.54) is 6.42 Å². The van der Waals surface area contributed by atoms with Gasteiger partial charge in [-0.05, 0) is 50.8 Å². The molecule has 22 heavy (non-hydrogen) atoms. The van der Waals surface area contributed by atoms with Crippen molar-refractivity contribution in [1.82, 2.24) is 4.90 Å². The van der Waals surface area contributed by atoms with Crippen molar-refractivity contribution in [2.45, 2.75) is 55.7 Å². The number of amides is 2. The van der Waals surface area contributed by atoms with E-state index >= 15 is 0 Å². The van der Waals surface area contributed by atoms with Gasteiger partial charge >= 0.3 is 0 Å². The normalized spacial score (nSPS) is 24.6. The van der Waals surface area contributed by atoms with E-state index in [1.807, 2.05) is 30.0 Å². The number of hydrogen-bond donors (Lipinski definition) is 1. The molecule has 4 nitrogen and oxygen atoms in total. The van der Waals surface area contributed by atoms with E-state index in [9.17, 15) is 9.59 Å². The summed E-state index contributed by atoms with van der Waals surface area (Å²) in [6, 6.07) is 6.02. The molecule has 2 atom stereocenters. The van der Waals surface area contributed by atoms with E-state index in [4.69, 9.17) is 0 Å². The predicted molar refractivity (Wildman–Crippen MR) is 89.4 cm³/mol. The Kier molecular flexibility index (Phi) is 4.43. The van der Waals surface area contributed by atoms with Gasteiger partial charge in [0, 0.05) is 23.0 Å². The molecule has 0 bridgehead atoms. The molecule has 1 fully saturated rings. The lowest BCUT2D eigenvalue weighted by molar-refractivity contribution is -0.115. The Balaban J connectivity index is 1.84. The number of thioether (sulfide) groups is 1. The number of carbonyl (C=O) groups is 2. The highest BCUT2D eigenvalue weighted by Crippen LogP contribution is 2.36. The second kappa shape index (κ2) is 6.32. The fourth-order valence-electron chi connectivity index (χ4n) is 3.20. The molecule has 0 aliphatic carbocycles. The Hall–Kier alpha value is -1.49. The van der Waals surface area contributed by atoms with Gasteiger partial charge in [0.25, 0.3) is 5.91 Å². The minimum atomic E-state index is -0.0828. The summed E-state index contributed by atoms with van der Waals surface area (Å²) in [4.78, 5) is 27.7. The summed E-state index contributed by atoms with van der Waals surface area (Å²) in [5.41, 5.74) is 1.44. The van der Waals surface area contributed by atoms with Crippen LogP contribution < -0.4 is 5.32 Å². The molecule has 0 aromatic heterocycles. The highest BCUT2D eigenvalue weighted by Gasteiger charge is 2.28. The summed E-state index contributed by atoms with van der Waals surface area (Å²) >= 11 is 1.54. The zero-order valence-corrected chi connectivity index (χ0v) is 13.9. The molecule has 2 aliphatic heterocycles. The fraction of sp³-hybridized carbons (Fsp3) is 0.529. The third kappa shape index (κ3) is 2.86. The highest BCUT2D eigenvalue weighted by atomic mass is 32.2. The van der Waals surface area contributed by atoms with E-state index in [0.29, 0.717) is 11.6 Å². The molecule has 0 radical (unpaired) electrons. The van der Waals surface area contributed by atoms with Crippen LogP contribution in [0.4, 0.5) is 5.69 Å². The van der Waals surface area contributed by atoms with E-state index < -0.39 is 0 Å². The zero-order chi connectivity index (χ0) is 15.7. The molecule has 2 heterocycles. The molecule has 0 saturated carbocycles. The first-order chi connectivity index (χ1) is 10.6. The van der Waals surface area contributed by atoms with Crippen LogP contribution in [0.1, 0.15) is 49.9 Å². The first kappa shape index (κ1) is 15.4. The Morgan fingerprint density at radius 3 is 3.00 bits per heavy atom. The van der Waals surface area contributed by atoms with Gasteiger partial charge in [-0.2, -0.15) is 0 Å². The maximum absolute atomic E-state index is 12.8. The number of nitrogens with one attached hydrogen (secondary N) is 1. The quantitative estimate of drug-likeness (QED) is 0.907. The van der Waals surface area contributed by atoms with Crippen LogP contribution in [-0.4, -0.2) is 34.6 Å². The molecule has 0 spiro atoms. The smallest absolute Gasteiger partial charge is 0.254 e. The van der Waals surface area contributed by atoms with Gasteiger partial charge in [0.2, 0.25) is 5.91 Å². The molecule has 118 valence electrons. The molecule has 2 unspecified atom stereocenters. The molecular weight excluding hydrogens is 296 g/mol. The minimum absolute atomic E-state index is 0.00602. The Labute approximate surface area is 135 Å². The number of benzene rings is 1. The van der Waals surface area contributed by atoms with Gasteiger partial charge in [0.05, 0.1) is 10.9 Å². The maximum atomic E-state index is 12.8. The van der Waals surface area contributed by atoms with Crippen LogP contribution in [-0.2, 0) is 4.79 Å². The molecule has 2 aliphatic rings. The van der Waals surface area contributed by atoms with Crippen molar-refractivity contribution >= 4 is 29.3 Å². The van der Waals surface area contributed by atoms with Gasteiger partial charge in [-0.1, -0.05) is 6.92 Å². The first-order valence-corrected chi connectivity index (χ1v) is 8.90. The SMILES string of the molecule is CCC1CCCCN1C(=O)c1ccc2c(c1)NC(=O)C(C)S2. The van der Waals surface area contributed by atoms with Gasteiger partial charge in [-0.3, -0.25) is 9.59 Å². The molecule has 1 saturated heterocycles. The maximum Gasteiger partial charge on any atom is 0.254 e. The molecule has 1 N–H and O–H groups in total. The summed E-state index contributed by atoms with van der Waals surface area (Å²) < 4.78 is 0. The summed E-state index contributed by atoms with van der Waals surface area (Å²) in [6.45, 7) is 4.87. The van der Waals surface area contributed by atoms with E-state index in [2.05, 4.69) is 12.2 Å².